The topological polar surface area (TPSA) is 160 Å². The highest BCUT2D eigenvalue weighted by Crippen LogP contribution is 2.29. The van der Waals surface area contributed by atoms with E-state index >= 15 is 0 Å². The third-order valence-electron chi connectivity index (χ3n) is 8.89. The number of hydrogen-bond acceptors (Lipinski definition) is 2. The molecule has 4 aromatic carbocycles. The van der Waals surface area contributed by atoms with Gasteiger partial charge in [-0.15, -0.1) is 0 Å². The maximum absolute atomic E-state index is 6.51. The van der Waals surface area contributed by atoms with E-state index in [-0.39, 0.29) is 11.9 Å². The minimum Gasteiger partial charge on any atom is -0.369 e. The van der Waals surface area contributed by atoms with Crippen molar-refractivity contribution in [3.05, 3.63) is 144 Å². The molecule has 4 aromatic rings. The van der Waals surface area contributed by atoms with Gasteiger partial charge in [-0.05, 0) is 53.4 Å². The Hall–Kier alpha value is -5.64. The lowest BCUT2D eigenvalue weighted by Gasteiger charge is -2.27. The van der Waals surface area contributed by atoms with Crippen LogP contribution in [0.25, 0.3) is 0 Å². The molecule has 1 aliphatic rings. The first-order valence-electron chi connectivity index (χ1n) is 17.3. The molecule has 0 saturated heterocycles. The second-order valence-corrected chi connectivity index (χ2v) is 12.9. The number of hydrogen-bond donors (Lipinski definition) is 4. The van der Waals surface area contributed by atoms with Crippen LogP contribution in [0.2, 0.25) is 0 Å². The van der Waals surface area contributed by atoms with Crippen molar-refractivity contribution in [3.63, 3.8) is 0 Å². The average molecular weight is 671 g/mol. The van der Waals surface area contributed by atoms with Gasteiger partial charge >= 0.3 is 0 Å². The normalized spacial score (nSPS) is 17.4. The maximum atomic E-state index is 6.51. The number of benzene rings is 4. The highest BCUT2D eigenvalue weighted by Gasteiger charge is 2.22. The molecule has 10 heteroatoms. The van der Waals surface area contributed by atoms with Gasteiger partial charge in [0.15, 0.2) is 11.9 Å². The smallest absolute Gasteiger partial charge is 0.218 e. The summed E-state index contributed by atoms with van der Waals surface area (Å²) in [6.07, 6.45) is 4.24. The third kappa shape index (κ3) is 11.8. The van der Waals surface area contributed by atoms with Gasteiger partial charge in [0.05, 0.1) is 0 Å². The molecule has 1 fully saturated rings. The molecule has 50 heavy (non-hydrogen) atoms. The summed E-state index contributed by atoms with van der Waals surface area (Å²) >= 11 is 0. The molecule has 0 spiro atoms. The summed E-state index contributed by atoms with van der Waals surface area (Å²) in [5, 5.41) is 0. The quantitative estimate of drug-likeness (QED) is 0.116. The number of rotatable bonds is 12. The van der Waals surface area contributed by atoms with E-state index < -0.39 is 0 Å². The summed E-state index contributed by atoms with van der Waals surface area (Å²) in [5.74, 6) is 1.83. The summed E-state index contributed by atoms with van der Waals surface area (Å²) in [6.45, 7) is 3.63. The lowest BCUT2D eigenvalue weighted by molar-refractivity contribution is 0.278. The molecule has 0 radical (unpaired) electrons. The monoisotopic (exact) mass is 670 g/mol. The lowest BCUT2D eigenvalue weighted by Crippen LogP contribution is -2.38. The average Bonchev–Trinajstić information content (AvgIpc) is 3.14. The highest BCUT2D eigenvalue weighted by atomic mass is 15.3. The predicted octanol–water partition coefficient (Wildman–Crippen LogP) is 5.46. The van der Waals surface area contributed by atoms with Crippen LogP contribution < -0.4 is 22.9 Å². The van der Waals surface area contributed by atoms with Crippen LogP contribution in [0, 0.1) is 11.8 Å². The molecule has 1 aliphatic carbocycles. The van der Waals surface area contributed by atoms with Gasteiger partial charge in [0, 0.05) is 39.3 Å². The molecule has 10 nitrogen and oxygen atoms in total. The molecule has 0 bridgehead atoms. The zero-order valence-electron chi connectivity index (χ0n) is 28.8. The molecular formula is C40H50N10. The number of nitrogens with two attached hydrogens (primary N) is 4. The van der Waals surface area contributed by atoms with E-state index in [9.17, 15) is 0 Å². The SMILES string of the molecule is NC(=NCC1CCCC(CN=C(N)/N=C(\N)N(Cc2ccccc2)Cc2ccccc2)C1)/N=C(\N)N(Cc1ccccc1)Cc1ccccc1. The number of nitrogens with zero attached hydrogens (tertiary/aromatic N) is 6. The van der Waals surface area contributed by atoms with Crippen LogP contribution in [-0.2, 0) is 26.2 Å². The molecule has 0 aromatic heterocycles. The summed E-state index contributed by atoms with van der Waals surface area (Å²) < 4.78 is 0. The van der Waals surface area contributed by atoms with Gasteiger partial charge in [-0.2, -0.15) is 9.98 Å². The van der Waals surface area contributed by atoms with Gasteiger partial charge in [0.2, 0.25) is 11.9 Å². The van der Waals surface area contributed by atoms with Crippen molar-refractivity contribution in [2.45, 2.75) is 51.9 Å². The van der Waals surface area contributed by atoms with Crippen LogP contribution >= 0.6 is 0 Å². The van der Waals surface area contributed by atoms with Crippen molar-refractivity contribution in [3.8, 4) is 0 Å². The Labute approximate surface area is 296 Å². The van der Waals surface area contributed by atoms with Crippen molar-refractivity contribution < 1.29 is 0 Å². The molecule has 5 rings (SSSR count). The van der Waals surface area contributed by atoms with E-state index in [0.717, 1.165) is 47.9 Å². The first-order chi connectivity index (χ1) is 24.4. The van der Waals surface area contributed by atoms with Crippen molar-refractivity contribution in [1.29, 1.82) is 0 Å². The highest BCUT2D eigenvalue weighted by molar-refractivity contribution is 5.94. The third-order valence-corrected chi connectivity index (χ3v) is 8.89. The number of guanidine groups is 4. The molecule has 2 unspecified atom stereocenters. The molecule has 260 valence electrons. The van der Waals surface area contributed by atoms with Crippen LogP contribution in [0.1, 0.15) is 47.9 Å². The Morgan fingerprint density at radius 3 is 1.08 bits per heavy atom. The Kier molecular flexibility index (Phi) is 13.4. The van der Waals surface area contributed by atoms with E-state index in [2.05, 4.69) is 68.5 Å². The summed E-state index contributed by atoms with van der Waals surface area (Å²) in [6, 6.07) is 40.8. The van der Waals surface area contributed by atoms with Crippen LogP contribution in [0.4, 0.5) is 0 Å². The maximum Gasteiger partial charge on any atom is 0.218 e. The zero-order chi connectivity index (χ0) is 35.0. The minimum atomic E-state index is 0.193. The second-order valence-electron chi connectivity index (χ2n) is 12.9. The van der Waals surface area contributed by atoms with Crippen molar-refractivity contribution in [1.82, 2.24) is 9.80 Å². The molecule has 0 heterocycles. The Bertz CT molecular complexity index is 1500. The molecule has 0 amide bonds. The second kappa shape index (κ2) is 18.8. The summed E-state index contributed by atoms with van der Waals surface area (Å²) in [4.78, 5) is 22.3. The Balaban J connectivity index is 1.17. The van der Waals surface area contributed by atoms with Crippen LogP contribution in [0.15, 0.2) is 141 Å². The van der Waals surface area contributed by atoms with Crippen molar-refractivity contribution in [2.75, 3.05) is 13.1 Å². The van der Waals surface area contributed by atoms with Gasteiger partial charge < -0.3 is 32.7 Å². The summed E-state index contributed by atoms with van der Waals surface area (Å²) in [7, 11) is 0. The largest absolute Gasteiger partial charge is 0.369 e. The fourth-order valence-electron chi connectivity index (χ4n) is 6.28. The van der Waals surface area contributed by atoms with Gasteiger partial charge in [-0.1, -0.05) is 128 Å². The van der Waals surface area contributed by atoms with E-state index in [4.69, 9.17) is 22.9 Å². The lowest BCUT2D eigenvalue weighted by atomic mass is 9.81. The fraction of sp³-hybridized carbons (Fsp3) is 0.300. The molecule has 2 atom stereocenters. The van der Waals surface area contributed by atoms with Crippen LogP contribution in [-0.4, -0.2) is 46.7 Å². The van der Waals surface area contributed by atoms with E-state index in [0.29, 0.717) is 63.0 Å². The van der Waals surface area contributed by atoms with Crippen molar-refractivity contribution in [2.24, 2.45) is 54.7 Å². The first kappa shape index (κ1) is 35.7. The van der Waals surface area contributed by atoms with E-state index in [1.807, 2.05) is 82.6 Å². The first-order valence-corrected chi connectivity index (χ1v) is 17.3. The van der Waals surface area contributed by atoms with E-state index in [1.165, 1.54) is 0 Å². The van der Waals surface area contributed by atoms with Gasteiger partial charge in [0.25, 0.3) is 0 Å². The Morgan fingerprint density at radius 1 is 0.480 bits per heavy atom. The molecule has 8 N–H and O–H groups in total. The van der Waals surface area contributed by atoms with Gasteiger partial charge in [-0.3, -0.25) is 9.98 Å². The van der Waals surface area contributed by atoms with Gasteiger partial charge in [0.1, 0.15) is 0 Å². The standard InChI is InChI=1S/C40H50N10/c41-37(47-39(43)49(27-31-14-5-1-6-15-31)28-32-16-7-2-8-17-32)45-25-35-22-13-23-36(24-35)26-46-38(42)48-40(44)50(29-33-18-9-3-10-19-33)30-34-20-11-4-12-21-34/h1-12,14-21,35-36H,13,22-30H2,(H4,41,43,45,47)(H4,42,44,46,48). The summed E-state index contributed by atoms with van der Waals surface area (Å²) in [5.41, 5.74) is 30.2. The van der Waals surface area contributed by atoms with Crippen LogP contribution in [0.5, 0.6) is 0 Å². The van der Waals surface area contributed by atoms with Crippen molar-refractivity contribution >= 4 is 23.8 Å². The van der Waals surface area contributed by atoms with Gasteiger partial charge in [-0.25, -0.2) is 0 Å². The molecule has 1 saturated carbocycles. The minimum absolute atomic E-state index is 0.193. The predicted molar refractivity (Wildman–Crippen MR) is 206 cm³/mol. The molecular weight excluding hydrogens is 621 g/mol. The molecule has 0 aliphatic heterocycles. The zero-order valence-corrected chi connectivity index (χ0v) is 28.8. The van der Waals surface area contributed by atoms with E-state index in [1.54, 1.807) is 0 Å². The Morgan fingerprint density at radius 2 is 0.780 bits per heavy atom. The fourth-order valence-corrected chi connectivity index (χ4v) is 6.28. The number of aliphatic imine (C=N–C) groups is 4. The van der Waals surface area contributed by atoms with Crippen LogP contribution in [0.3, 0.4) is 0 Å².